The molecule has 0 fully saturated rings. The van der Waals surface area contributed by atoms with E-state index in [2.05, 4.69) is 29.8 Å². The number of halogens is 1. The summed E-state index contributed by atoms with van der Waals surface area (Å²) in [4.78, 5) is 23.1. The van der Waals surface area contributed by atoms with Crippen LogP contribution >= 0.6 is 15.9 Å². The molecule has 1 aromatic rings. The van der Waals surface area contributed by atoms with Crippen LogP contribution in [0.5, 0.6) is 0 Å². The van der Waals surface area contributed by atoms with Crippen molar-refractivity contribution in [3.05, 3.63) is 33.8 Å². The third-order valence-corrected chi connectivity index (χ3v) is 3.55. The van der Waals surface area contributed by atoms with Crippen LogP contribution in [0.2, 0.25) is 0 Å². The summed E-state index contributed by atoms with van der Waals surface area (Å²) in [6.45, 7) is 6.10. The highest BCUT2D eigenvalue weighted by atomic mass is 79.9. The Bertz CT molecular complexity index is 454. The Hall–Kier alpha value is -1.16. The van der Waals surface area contributed by atoms with Gasteiger partial charge in [-0.15, -0.1) is 0 Å². The molecule has 0 aliphatic carbocycles. The van der Waals surface area contributed by atoms with E-state index in [1.54, 1.807) is 19.1 Å². The van der Waals surface area contributed by atoms with Crippen molar-refractivity contribution in [3.8, 4) is 0 Å². The zero-order chi connectivity index (χ0) is 13.7. The van der Waals surface area contributed by atoms with Gasteiger partial charge in [-0.25, -0.2) is 4.79 Å². The third kappa shape index (κ3) is 3.42. The molecule has 0 N–H and O–H groups in total. The number of carbonyl (C=O) groups is 2. The van der Waals surface area contributed by atoms with E-state index in [1.165, 1.54) is 0 Å². The Morgan fingerprint density at radius 1 is 1.33 bits per heavy atom. The van der Waals surface area contributed by atoms with Crippen LogP contribution in [0.3, 0.4) is 0 Å². The lowest BCUT2D eigenvalue weighted by Crippen LogP contribution is -2.17. The molecule has 3 nitrogen and oxygen atoms in total. The molecule has 98 valence electrons. The standard InChI is InChI=1S/C14H17BrO3/c1-4-9(3)11-7-6-10(8-12(11)15)13(16)14(17)18-5-2/h6-9H,4-5H2,1-3H3. The molecule has 18 heavy (non-hydrogen) atoms. The Kier molecular flexibility index (Phi) is 5.54. The van der Waals surface area contributed by atoms with Crippen LogP contribution in [0, 0.1) is 0 Å². The summed E-state index contributed by atoms with van der Waals surface area (Å²) < 4.78 is 5.55. The maximum absolute atomic E-state index is 11.7. The first-order valence-corrected chi connectivity index (χ1v) is 6.81. The molecule has 0 aliphatic rings. The summed E-state index contributed by atoms with van der Waals surface area (Å²) in [5, 5.41) is 0. The molecule has 0 radical (unpaired) electrons. The summed E-state index contributed by atoms with van der Waals surface area (Å²) in [6.07, 6.45) is 1.02. The van der Waals surface area contributed by atoms with E-state index in [1.807, 2.05) is 6.07 Å². The van der Waals surface area contributed by atoms with Gasteiger partial charge in [0.25, 0.3) is 5.78 Å². The molecule has 0 saturated heterocycles. The first-order chi connectivity index (χ1) is 8.51. The number of carbonyl (C=O) groups excluding carboxylic acids is 2. The molecule has 0 bridgehead atoms. The number of rotatable bonds is 5. The maximum Gasteiger partial charge on any atom is 0.379 e. The number of esters is 1. The number of ether oxygens (including phenoxy) is 1. The highest BCUT2D eigenvalue weighted by Crippen LogP contribution is 2.28. The van der Waals surface area contributed by atoms with Crippen LogP contribution < -0.4 is 0 Å². The fraction of sp³-hybridized carbons (Fsp3) is 0.429. The molecule has 1 aromatic carbocycles. The van der Waals surface area contributed by atoms with Crippen LogP contribution in [0.15, 0.2) is 22.7 Å². The second-order valence-electron chi connectivity index (χ2n) is 4.10. The minimum atomic E-state index is -0.805. The van der Waals surface area contributed by atoms with E-state index >= 15 is 0 Å². The number of hydrogen-bond acceptors (Lipinski definition) is 3. The molecule has 0 spiro atoms. The van der Waals surface area contributed by atoms with Crippen molar-refractivity contribution < 1.29 is 14.3 Å². The first kappa shape index (κ1) is 14.9. The van der Waals surface area contributed by atoms with Crippen molar-refractivity contribution in [1.29, 1.82) is 0 Å². The van der Waals surface area contributed by atoms with Crippen LogP contribution in [0.4, 0.5) is 0 Å². The summed E-state index contributed by atoms with van der Waals surface area (Å²) >= 11 is 3.44. The normalized spacial score (nSPS) is 12.0. The van der Waals surface area contributed by atoms with Gasteiger partial charge in [-0.05, 0) is 30.9 Å². The summed E-state index contributed by atoms with van der Waals surface area (Å²) in [7, 11) is 0. The predicted molar refractivity (Wildman–Crippen MR) is 73.8 cm³/mol. The fourth-order valence-corrected chi connectivity index (χ4v) is 2.37. The SMILES string of the molecule is CCOC(=O)C(=O)c1ccc(C(C)CC)c(Br)c1. The van der Waals surface area contributed by atoms with E-state index < -0.39 is 11.8 Å². The summed E-state index contributed by atoms with van der Waals surface area (Å²) in [5.41, 5.74) is 1.49. The van der Waals surface area contributed by atoms with Gasteiger partial charge in [-0.3, -0.25) is 4.79 Å². The van der Waals surface area contributed by atoms with Gasteiger partial charge in [-0.1, -0.05) is 41.9 Å². The van der Waals surface area contributed by atoms with Crippen molar-refractivity contribution in [2.45, 2.75) is 33.1 Å². The summed E-state index contributed by atoms with van der Waals surface area (Å²) in [6, 6.07) is 5.23. The fourth-order valence-electron chi connectivity index (χ4n) is 1.60. The lowest BCUT2D eigenvalue weighted by atomic mass is 9.97. The van der Waals surface area contributed by atoms with Gasteiger partial charge in [0, 0.05) is 10.0 Å². The van der Waals surface area contributed by atoms with Gasteiger partial charge in [-0.2, -0.15) is 0 Å². The quantitative estimate of drug-likeness (QED) is 0.473. The molecular formula is C14H17BrO3. The van der Waals surface area contributed by atoms with E-state index in [0.717, 1.165) is 16.5 Å². The average molecular weight is 313 g/mol. The first-order valence-electron chi connectivity index (χ1n) is 6.02. The number of ketones is 1. The Morgan fingerprint density at radius 3 is 2.50 bits per heavy atom. The van der Waals surface area contributed by atoms with Crippen LogP contribution in [-0.2, 0) is 9.53 Å². The van der Waals surface area contributed by atoms with Crippen LogP contribution in [-0.4, -0.2) is 18.4 Å². The summed E-state index contributed by atoms with van der Waals surface area (Å²) in [5.74, 6) is -1.000. The van der Waals surface area contributed by atoms with Crippen molar-refractivity contribution in [2.75, 3.05) is 6.61 Å². The maximum atomic E-state index is 11.7. The predicted octanol–water partition coefficient (Wildman–Crippen LogP) is 3.71. The van der Waals surface area contributed by atoms with Crippen molar-refractivity contribution in [2.24, 2.45) is 0 Å². The third-order valence-electron chi connectivity index (χ3n) is 2.87. The van der Waals surface area contributed by atoms with Gasteiger partial charge in [0.2, 0.25) is 0 Å². The lowest BCUT2D eigenvalue weighted by molar-refractivity contribution is -0.137. The van der Waals surface area contributed by atoms with Gasteiger partial charge in [0.1, 0.15) is 0 Å². The smallest absolute Gasteiger partial charge is 0.379 e. The van der Waals surface area contributed by atoms with Gasteiger partial charge >= 0.3 is 5.97 Å². The molecular weight excluding hydrogens is 296 g/mol. The van der Waals surface area contributed by atoms with Crippen molar-refractivity contribution in [1.82, 2.24) is 0 Å². The number of benzene rings is 1. The topological polar surface area (TPSA) is 43.4 Å². The highest BCUT2D eigenvalue weighted by molar-refractivity contribution is 9.10. The monoisotopic (exact) mass is 312 g/mol. The van der Waals surface area contributed by atoms with E-state index in [4.69, 9.17) is 4.74 Å². The number of hydrogen-bond donors (Lipinski definition) is 0. The largest absolute Gasteiger partial charge is 0.460 e. The van der Waals surface area contributed by atoms with E-state index in [9.17, 15) is 9.59 Å². The van der Waals surface area contributed by atoms with E-state index in [0.29, 0.717) is 11.5 Å². The van der Waals surface area contributed by atoms with Crippen LogP contribution in [0.25, 0.3) is 0 Å². The zero-order valence-corrected chi connectivity index (χ0v) is 12.4. The molecule has 1 unspecified atom stereocenters. The average Bonchev–Trinajstić information content (AvgIpc) is 2.37. The lowest BCUT2D eigenvalue weighted by Gasteiger charge is -2.12. The second-order valence-corrected chi connectivity index (χ2v) is 4.95. The zero-order valence-electron chi connectivity index (χ0n) is 10.8. The number of Topliss-reactive ketones (excluding diaryl/α,β-unsaturated/α-hetero) is 1. The minimum Gasteiger partial charge on any atom is -0.460 e. The molecule has 1 rings (SSSR count). The molecule has 0 saturated carbocycles. The van der Waals surface area contributed by atoms with Gasteiger partial charge in [0.05, 0.1) is 6.61 Å². The second kappa shape index (κ2) is 6.69. The van der Waals surface area contributed by atoms with Gasteiger partial charge in [0.15, 0.2) is 0 Å². The Labute approximate surface area is 116 Å². The van der Waals surface area contributed by atoms with Gasteiger partial charge < -0.3 is 4.74 Å². The molecule has 0 heterocycles. The molecule has 1 atom stereocenters. The van der Waals surface area contributed by atoms with Crippen molar-refractivity contribution >= 4 is 27.7 Å². The molecule has 4 heteroatoms. The molecule has 0 amide bonds. The Morgan fingerprint density at radius 2 is 2.00 bits per heavy atom. The minimum absolute atomic E-state index is 0.205. The van der Waals surface area contributed by atoms with E-state index in [-0.39, 0.29) is 6.61 Å². The molecule has 0 aromatic heterocycles. The highest BCUT2D eigenvalue weighted by Gasteiger charge is 2.19. The molecule has 0 aliphatic heterocycles. The Balaban J connectivity index is 2.97. The van der Waals surface area contributed by atoms with Crippen molar-refractivity contribution in [3.63, 3.8) is 0 Å². The van der Waals surface area contributed by atoms with Crippen LogP contribution in [0.1, 0.15) is 49.0 Å².